The number of pyridine rings is 1. The van der Waals surface area contributed by atoms with E-state index in [4.69, 9.17) is 43.4 Å². The summed E-state index contributed by atoms with van der Waals surface area (Å²) in [7, 11) is 1.54. The molecule has 2 aromatic rings. The van der Waals surface area contributed by atoms with Crippen LogP contribution < -0.4 is 20.5 Å². The van der Waals surface area contributed by atoms with Crippen molar-refractivity contribution < 1.29 is 14.3 Å². The molecule has 1 saturated carbocycles. The van der Waals surface area contributed by atoms with E-state index in [2.05, 4.69) is 36.3 Å². The lowest BCUT2D eigenvalue weighted by molar-refractivity contribution is 0.0949. The van der Waals surface area contributed by atoms with Crippen LogP contribution in [0.1, 0.15) is 90.7 Å². The number of nitrogens with one attached hydrogen (secondary N) is 1. The fraction of sp³-hybridized carbons (Fsp3) is 0.452. The Labute approximate surface area is 245 Å². The zero-order chi connectivity index (χ0) is 28.4. The van der Waals surface area contributed by atoms with E-state index >= 15 is 0 Å². The second kappa shape index (κ2) is 12.2. The average Bonchev–Trinajstić information content (AvgIpc) is 3.72. The van der Waals surface area contributed by atoms with Gasteiger partial charge in [0.15, 0.2) is 0 Å². The van der Waals surface area contributed by atoms with Crippen LogP contribution in [-0.2, 0) is 0 Å². The molecule has 1 aromatic carbocycles. The fourth-order valence-electron chi connectivity index (χ4n) is 5.31. The van der Waals surface area contributed by atoms with Gasteiger partial charge in [-0.15, -0.1) is 0 Å². The van der Waals surface area contributed by atoms with Gasteiger partial charge in [0.05, 0.1) is 24.4 Å². The summed E-state index contributed by atoms with van der Waals surface area (Å²) in [5, 5.41) is 4.34. The van der Waals surface area contributed by atoms with E-state index < -0.39 is 0 Å². The Morgan fingerprint density at radius 3 is 2.85 bits per heavy atom. The van der Waals surface area contributed by atoms with Gasteiger partial charge < -0.3 is 20.5 Å². The molecule has 212 valence electrons. The van der Waals surface area contributed by atoms with Crippen LogP contribution in [0.25, 0.3) is 5.57 Å². The summed E-state index contributed by atoms with van der Waals surface area (Å²) in [5.41, 5.74) is 11.5. The van der Waals surface area contributed by atoms with Crippen molar-refractivity contribution in [2.75, 3.05) is 32.5 Å². The fourth-order valence-corrected chi connectivity index (χ4v) is 5.79. The van der Waals surface area contributed by atoms with Crippen molar-refractivity contribution >= 4 is 46.6 Å². The maximum absolute atomic E-state index is 13.4. The van der Waals surface area contributed by atoms with Gasteiger partial charge in [-0.1, -0.05) is 43.1 Å². The highest BCUT2D eigenvalue weighted by Crippen LogP contribution is 2.48. The van der Waals surface area contributed by atoms with E-state index in [-0.39, 0.29) is 17.7 Å². The number of allylic oxidation sites excluding steroid dienone is 4. The number of anilines is 1. The zero-order valence-corrected chi connectivity index (χ0v) is 24.7. The van der Waals surface area contributed by atoms with E-state index in [1.165, 1.54) is 0 Å². The van der Waals surface area contributed by atoms with Crippen molar-refractivity contribution in [1.82, 2.24) is 10.3 Å². The highest BCUT2D eigenvalue weighted by Gasteiger charge is 2.36. The molecule has 0 saturated heterocycles. The summed E-state index contributed by atoms with van der Waals surface area (Å²) in [6.45, 7) is 5.96. The first-order chi connectivity index (χ1) is 19.3. The Kier molecular flexibility index (Phi) is 8.71. The Bertz CT molecular complexity index is 1400. The normalized spacial score (nSPS) is 19.3. The minimum atomic E-state index is -0.195. The molecular formula is C31H36Cl2N4O3. The van der Waals surface area contributed by atoms with E-state index in [9.17, 15) is 4.79 Å². The lowest BCUT2D eigenvalue weighted by atomic mass is 9.92. The Hall–Kier alpha value is -3.03. The first-order valence-corrected chi connectivity index (χ1v) is 14.8. The molecule has 1 aromatic heterocycles. The number of ether oxygens (including phenoxy) is 2. The van der Waals surface area contributed by atoms with Crippen LogP contribution in [0.4, 0.5) is 5.69 Å². The van der Waals surface area contributed by atoms with Gasteiger partial charge in [0, 0.05) is 64.1 Å². The van der Waals surface area contributed by atoms with E-state index in [0.717, 1.165) is 60.4 Å². The predicted molar refractivity (Wildman–Crippen MR) is 162 cm³/mol. The molecule has 3 aliphatic rings. The average molecular weight is 584 g/mol. The molecule has 1 aliphatic heterocycles. The molecule has 1 fully saturated rings. The van der Waals surface area contributed by atoms with Crippen LogP contribution in [0.3, 0.4) is 0 Å². The monoisotopic (exact) mass is 582 g/mol. The molecule has 7 nitrogen and oxygen atoms in total. The van der Waals surface area contributed by atoms with Crippen molar-refractivity contribution in [3.63, 3.8) is 0 Å². The number of nitrogens with two attached hydrogens (primary N) is 1. The number of halogens is 2. The number of nitrogen functional groups attached to an aromatic ring is 1. The van der Waals surface area contributed by atoms with Crippen LogP contribution in [0, 0.1) is 5.92 Å². The van der Waals surface area contributed by atoms with Gasteiger partial charge in [-0.3, -0.25) is 9.79 Å². The molecule has 3 N–H and O–H groups in total. The number of aromatic nitrogens is 1. The van der Waals surface area contributed by atoms with E-state index in [1.807, 2.05) is 0 Å². The van der Waals surface area contributed by atoms with Gasteiger partial charge in [-0.2, -0.15) is 0 Å². The first kappa shape index (κ1) is 28.5. The minimum Gasteiger partial charge on any atom is -0.495 e. The second-order valence-electron chi connectivity index (χ2n) is 10.8. The maximum Gasteiger partial charge on any atom is 0.251 e. The third-order valence-electron chi connectivity index (χ3n) is 7.76. The SMILES string of the molecule is CCCN=Cc1cc(C(=O)NCC(c2cc3c(c(C4=CCCC(Cl)=C4Cl)n2)OCC3C)C2CC2)cc(OC)c1N. The Balaban J connectivity index is 1.43. The third-order valence-corrected chi connectivity index (χ3v) is 8.67. The lowest BCUT2D eigenvalue weighted by Crippen LogP contribution is -2.30. The number of carbonyl (C=O) groups excluding carboxylic acids is 1. The highest BCUT2D eigenvalue weighted by molar-refractivity contribution is 6.44. The van der Waals surface area contributed by atoms with Crippen LogP contribution in [0.2, 0.25) is 0 Å². The number of amides is 1. The molecular weight excluding hydrogens is 547 g/mol. The molecule has 40 heavy (non-hydrogen) atoms. The van der Waals surface area contributed by atoms with Crippen molar-refractivity contribution in [2.45, 2.75) is 57.8 Å². The quantitative estimate of drug-likeness (QED) is 0.237. The minimum absolute atomic E-state index is 0.0597. The van der Waals surface area contributed by atoms with Gasteiger partial charge in [-0.05, 0) is 56.2 Å². The number of carbonyl (C=O) groups is 1. The van der Waals surface area contributed by atoms with Crippen LogP contribution in [0.15, 0.2) is 39.3 Å². The number of hydrogen-bond donors (Lipinski definition) is 2. The number of hydrogen-bond acceptors (Lipinski definition) is 6. The third kappa shape index (κ3) is 5.86. The number of fused-ring (bicyclic) bond motifs is 1. The molecule has 2 heterocycles. The standard InChI is InChI=1S/C31H36Cl2N4O3/c1-4-10-35-14-20-11-19(12-26(39-3)28(20)34)31(38)36-15-23(18-8-9-18)25-13-22-17(2)16-40-30(22)29(37-25)21-6-5-7-24(32)27(21)33/h6,11-14,17-18,23H,4-5,7-10,15-16,34H2,1-3H3,(H,36,38). The van der Waals surface area contributed by atoms with Crippen molar-refractivity contribution in [1.29, 1.82) is 0 Å². The topological polar surface area (TPSA) is 98.8 Å². The summed E-state index contributed by atoms with van der Waals surface area (Å²) in [6, 6.07) is 5.59. The number of rotatable bonds is 10. The molecule has 1 amide bonds. The summed E-state index contributed by atoms with van der Waals surface area (Å²) in [6.07, 6.45) is 8.45. The largest absolute Gasteiger partial charge is 0.495 e. The second-order valence-corrected chi connectivity index (χ2v) is 11.6. The molecule has 2 unspecified atom stereocenters. The van der Waals surface area contributed by atoms with Crippen molar-refractivity contribution in [3.8, 4) is 11.5 Å². The molecule has 5 rings (SSSR count). The van der Waals surface area contributed by atoms with Crippen LogP contribution in [0.5, 0.6) is 11.5 Å². The van der Waals surface area contributed by atoms with E-state index in [1.54, 1.807) is 25.5 Å². The molecule has 0 radical (unpaired) electrons. The highest BCUT2D eigenvalue weighted by atomic mass is 35.5. The summed E-state index contributed by atoms with van der Waals surface area (Å²) < 4.78 is 11.5. The van der Waals surface area contributed by atoms with Crippen LogP contribution in [-0.4, -0.2) is 43.9 Å². The van der Waals surface area contributed by atoms with E-state index in [0.29, 0.717) is 58.2 Å². The summed E-state index contributed by atoms with van der Waals surface area (Å²) >= 11 is 13.1. The molecule has 2 aliphatic carbocycles. The Morgan fingerprint density at radius 2 is 2.12 bits per heavy atom. The summed E-state index contributed by atoms with van der Waals surface area (Å²) in [4.78, 5) is 22.9. The van der Waals surface area contributed by atoms with Crippen molar-refractivity contribution in [3.05, 3.63) is 62.4 Å². The predicted octanol–water partition coefficient (Wildman–Crippen LogP) is 6.79. The van der Waals surface area contributed by atoms with Crippen molar-refractivity contribution in [2.24, 2.45) is 10.9 Å². The molecule has 0 spiro atoms. The number of benzene rings is 1. The van der Waals surface area contributed by atoms with Crippen LogP contribution >= 0.6 is 23.2 Å². The molecule has 2 atom stereocenters. The zero-order valence-electron chi connectivity index (χ0n) is 23.2. The number of methoxy groups -OCH3 is 1. The summed E-state index contributed by atoms with van der Waals surface area (Å²) in [5.74, 6) is 1.79. The Morgan fingerprint density at radius 1 is 1.32 bits per heavy atom. The molecule has 0 bridgehead atoms. The smallest absolute Gasteiger partial charge is 0.251 e. The molecule has 9 heteroatoms. The number of nitrogens with zero attached hydrogens (tertiary/aromatic N) is 2. The lowest BCUT2D eigenvalue weighted by Gasteiger charge is -2.21. The van der Waals surface area contributed by atoms with Gasteiger partial charge in [-0.25, -0.2) is 4.98 Å². The van der Waals surface area contributed by atoms with Gasteiger partial charge >= 0.3 is 0 Å². The van der Waals surface area contributed by atoms with Gasteiger partial charge in [0.25, 0.3) is 5.91 Å². The van der Waals surface area contributed by atoms with Gasteiger partial charge in [0.2, 0.25) is 0 Å². The first-order valence-electron chi connectivity index (χ1n) is 14.0. The van der Waals surface area contributed by atoms with Gasteiger partial charge in [0.1, 0.15) is 17.2 Å². The number of aliphatic imine (C=N–C) groups is 1. The maximum atomic E-state index is 13.4.